The van der Waals surface area contributed by atoms with Crippen molar-refractivity contribution in [3.63, 3.8) is 0 Å². The summed E-state index contributed by atoms with van der Waals surface area (Å²) < 4.78 is 5.13. The van der Waals surface area contributed by atoms with Crippen LogP contribution in [-0.4, -0.2) is 10.5 Å². The molecule has 0 spiro atoms. The van der Waals surface area contributed by atoms with Crippen LogP contribution in [0.3, 0.4) is 0 Å². The molecule has 0 amide bonds. The summed E-state index contributed by atoms with van der Waals surface area (Å²) in [6.45, 7) is 0. The molecule has 0 fully saturated rings. The second-order valence-electron chi connectivity index (χ2n) is 25.0. The molecule has 4 atom stereocenters. The Kier molecular flexibility index (Phi) is 15.8. The van der Waals surface area contributed by atoms with E-state index < -0.39 is 0 Å². The van der Waals surface area contributed by atoms with E-state index in [0.717, 1.165) is 45.5 Å². The minimum Gasteiger partial charge on any atom is -0.310 e. The zero-order valence-corrected chi connectivity index (χ0v) is 56.6. The molecular weight excluding hydrogens is 1270 g/mol. The lowest BCUT2D eigenvalue weighted by molar-refractivity contribution is 0.881. The monoisotopic (exact) mass is 1330 g/mol. The number of thioether (sulfide) groups is 2. The number of para-hydroxylation sites is 5. The molecule has 4 unspecified atom stereocenters. The number of hydrogen-bond acceptors (Lipinski definition) is 8. The van der Waals surface area contributed by atoms with Crippen molar-refractivity contribution >= 4 is 155 Å². The molecule has 0 radical (unpaired) electrons. The van der Waals surface area contributed by atoms with Crippen LogP contribution < -0.4 is 19.6 Å². The number of nitrogens with zero attached hydrogens (tertiary/aromatic N) is 4. The van der Waals surface area contributed by atoms with Gasteiger partial charge < -0.3 is 19.6 Å². The maximum atomic E-state index is 2.44. The average molecular weight is 1330 g/mol. The van der Waals surface area contributed by atoms with Gasteiger partial charge in [0.05, 0.1) is 20.8 Å². The van der Waals surface area contributed by atoms with E-state index >= 15 is 0 Å². The Hall–Kier alpha value is -10.8. The van der Waals surface area contributed by atoms with E-state index in [-0.39, 0.29) is 0 Å². The van der Waals surface area contributed by atoms with Crippen molar-refractivity contribution in [2.24, 2.45) is 0 Å². The van der Waals surface area contributed by atoms with Gasteiger partial charge in [-0.25, -0.2) is 0 Å². The Morgan fingerprint density at radius 3 is 0.969 bits per heavy atom. The number of benzene rings is 13. The van der Waals surface area contributed by atoms with E-state index in [1.165, 1.54) is 95.1 Å². The average Bonchev–Trinajstić information content (AvgIpc) is 1.57. The molecule has 468 valence electrons. The van der Waals surface area contributed by atoms with Gasteiger partial charge in [0.15, 0.2) is 0 Å². The van der Waals surface area contributed by atoms with Crippen molar-refractivity contribution in [2.45, 2.75) is 32.1 Å². The molecule has 15 aromatic rings. The maximum absolute atomic E-state index is 2.44. The number of anilines is 12. The van der Waals surface area contributed by atoms with E-state index in [9.17, 15) is 0 Å². The molecule has 8 heteroatoms. The molecule has 2 aliphatic heterocycles. The second-order valence-corrected chi connectivity index (χ2v) is 29.5. The highest BCUT2D eigenvalue weighted by Crippen LogP contribution is 2.55. The normalized spacial score (nSPS) is 16.1. The number of rotatable bonds is 13. The van der Waals surface area contributed by atoms with Crippen LogP contribution in [0.15, 0.2) is 374 Å². The Morgan fingerprint density at radius 2 is 0.561 bits per heavy atom. The Labute approximate surface area is 588 Å². The van der Waals surface area contributed by atoms with Gasteiger partial charge in [-0.2, -0.15) is 0 Å². The van der Waals surface area contributed by atoms with Gasteiger partial charge in [0.1, 0.15) is 0 Å². The zero-order valence-electron chi connectivity index (χ0n) is 53.4. The van der Waals surface area contributed by atoms with Crippen molar-refractivity contribution < 1.29 is 0 Å². The lowest BCUT2D eigenvalue weighted by Crippen LogP contribution is -2.10. The van der Waals surface area contributed by atoms with Crippen molar-refractivity contribution in [2.75, 3.05) is 19.6 Å². The van der Waals surface area contributed by atoms with Gasteiger partial charge in [0.2, 0.25) is 0 Å². The first-order chi connectivity index (χ1) is 48.6. The minimum absolute atomic E-state index is 0.446. The van der Waals surface area contributed by atoms with E-state index in [4.69, 9.17) is 0 Å². The van der Waals surface area contributed by atoms with Gasteiger partial charge in [0, 0.05) is 120 Å². The molecular formula is C90H64N4S4. The van der Waals surface area contributed by atoms with Gasteiger partial charge in [-0.15, -0.1) is 46.2 Å². The van der Waals surface area contributed by atoms with E-state index in [2.05, 4.69) is 384 Å². The smallest absolute Gasteiger partial charge is 0.0640 e. The number of hydrogen-bond donors (Lipinski definition) is 0. The summed E-state index contributed by atoms with van der Waals surface area (Å²) in [5.41, 5.74) is 19.2. The van der Waals surface area contributed by atoms with E-state index in [1.807, 2.05) is 46.2 Å². The maximum Gasteiger partial charge on any atom is 0.0640 e. The fourth-order valence-electron chi connectivity index (χ4n) is 14.6. The topological polar surface area (TPSA) is 13.0 Å². The summed E-state index contributed by atoms with van der Waals surface area (Å²) in [7, 11) is 0. The highest BCUT2D eigenvalue weighted by molar-refractivity contribution is 8.00. The summed E-state index contributed by atoms with van der Waals surface area (Å²) in [6, 6.07) is 115. The number of thiophene rings is 2. The first-order valence-electron chi connectivity index (χ1n) is 33.4. The zero-order chi connectivity index (χ0) is 64.9. The summed E-state index contributed by atoms with van der Waals surface area (Å²) in [5.74, 6) is 0.900. The Bertz CT molecular complexity index is 5520. The van der Waals surface area contributed by atoms with Gasteiger partial charge in [-0.1, -0.05) is 218 Å². The van der Waals surface area contributed by atoms with Crippen LogP contribution in [0, 0.1) is 0 Å². The van der Waals surface area contributed by atoms with Gasteiger partial charge in [-0.3, -0.25) is 0 Å². The van der Waals surface area contributed by atoms with Crippen LogP contribution in [0.25, 0.3) is 51.5 Å². The Morgan fingerprint density at radius 1 is 0.235 bits per heavy atom. The van der Waals surface area contributed by atoms with Crippen molar-refractivity contribution in [1.82, 2.24) is 0 Å². The summed E-state index contributed by atoms with van der Waals surface area (Å²) in [4.78, 5) is 12.3. The molecule has 2 aromatic heterocycles. The lowest BCUT2D eigenvalue weighted by atomic mass is 9.92. The molecule has 0 saturated carbocycles. The van der Waals surface area contributed by atoms with E-state index in [1.54, 1.807) is 0 Å². The van der Waals surface area contributed by atoms with Crippen LogP contribution >= 0.6 is 46.2 Å². The third-order valence-corrected chi connectivity index (χ3v) is 24.2. The van der Waals surface area contributed by atoms with Crippen molar-refractivity contribution in [3.8, 4) is 11.1 Å². The lowest BCUT2D eigenvalue weighted by Gasteiger charge is -2.26. The number of fused-ring (bicyclic) bond motifs is 12. The van der Waals surface area contributed by atoms with Gasteiger partial charge >= 0.3 is 0 Å². The molecule has 0 N–H and O–H groups in total. The van der Waals surface area contributed by atoms with Crippen molar-refractivity contribution in [3.05, 3.63) is 375 Å². The predicted octanol–water partition coefficient (Wildman–Crippen LogP) is 27.0. The molecule has 4 aliphatic rings. The first-order valence-corrected chi connectivity index (χ1v) is 36.8. The molecule has 0 saturated heterocycles. The minimum atomic E-state index is 0.446. The van der Waals surface area contributed by atoms with Crippen LogP contribution in [0.4, 0.5) is 68.2 Å². The molecule has 0 bridgehead atoms. The largest absolute Gasteiger partial charge is 0.310 e. The summed E-state index contributed by atoms with van der Waals surface area (Å²) >= 11 is 7.72. The van der Waals surface area contributed by atoms with E-state index in [0.29, 0.717) is 22.3 Å². The highest BCUT2D eigenvalue weighted by Gasteiger charge is 2.34. The highest BCUT2D eigenvalue weighted by atomic mass is 32.2. The molecule has 4 nitrogen and oxygen atoms in total. The number of allylic oxidation sites excluding steroid dienone is 6. The first kappa shape index (κ1) is 59.6. The molecule has 2 aliphatic carbocycles. The second kappa shape index (κ2) is 26.0. The Balaban J connectivity index is 0.000000143. The standard InChI is InChI=1S/C48H34N2S2.C42H30N2S2/c1-4-13-33(14-5-1)34-23-25-37(26-24-34)49(35-15-6-2-7-16-35)38-28-30-46-43(31-38)42-20-12-21-44(48(42)52-46)50(36-17-8-3-9-18-36)39-27-29-41-40-19-10-11-22-45(40)51-47(41)32-39;1-4-13-29(14-5-1)43(30-15-6-2-7-16-30)32-24-26-40-37(27-32)36-20-12-21-38(42(36)46-40)44(31-17-8-3-9-18-31)33-23-25-35-34-19-10-11-22-39(34)45-41(35)28-33/h1-32,40,45H;1-28,34,39H. The van der Waals surface area contributed by atoms with Gasteiger partial charge in [-0.05, 0) is 168 Å². The molecule has 19 rings (SSSR count). The van der Waals surface area contributed by atoms with Crippen LogP contribution in [0.2, 0.25) is 0 Å². The fourth-order valence-corrected chi connectivity index (χ4v) is 19.7. The summed E-state index contributed by atoms with van der Waals surface area (Å²) in [5, 5.41) is 6.03. The predicted molar refractivity (Wildman–Crippen MR) is 424 cm³/mol. The van der Waals surface area contributed by atoms with Gasteiger partial charge in [0.25, 0.3) is 0 Å². The quantitative estimate of drug-likeness (QED) is 0.113. The third kappa shape index (κ3) is 11.1. The van der Waals surface area contributed by atoms with Crippen LogP contribution in [0.1, 0.15) is 23.0 Å². The van der Waals surface area contributed by atoms with Crippen LogP contribution in [0.5, 0.6) is 0 Å². The molecule has 13 aromatic carbocycles. The van der Waals surface area contributed by atoms with Crippen LogP contribution in [-0.2, 0) is 0 Å². The fraction of sp³-hybridized carbons (Fsp3) is 0.0444. The molecule has 98 heavy (non-hydrogen) atoms. The SMILES string of the molecule is C1=CC2Sc3cc(N(c4ccccc4)c4cccc5c4sc4ccc(N(c6ccccc6)c6ccc(-c7ccccc7)cc6)cc45)ccc3C2C=C1.C1=CC2Sc3cc(N(c4ccccc4)c4cccc5c4sc4ccc(N(c6ccccc6)c6ccccc6)cc45)ccc3C2C=C1. The summed E-state index contributed by atoms with van der Waals surface area (Å²) in [6.07, 6.45) is 18.1. The van der Waals surface area contributed by atoms with Crippen molar-refractivity contribution in [1.29, 1.82) is 0 Å². The third-order valence-electron chi connectivity index (χ3n) is 19.1. The molecule has 4 heterocycles.